The van der Waals surface area contributed by atoms with Gasteiger partial charge in [-0.15, -0.1) is 0 Å². The van der Waals surface area contributed by atoms with Crippen LogP contribution in [0.5, 0.6) is 5.75 Å². The highest BCUT2D eigenvalue weighted by Crippen LogP contribution is 2.25. The molecular formula is C20H16N2O2. The zero-order valence-electron chi connectivity index (χ0n) is 13.5. The van der Waals surface area contributed by atoms with Crippen LogP contribution in [0, 0.1) is 18.3 Å². The number of carbonyl (C=O) groups is 1. The van der Waals surface area contributed by atoms with Gasteiger partial charge in [0.15, 0.2) is 0 Å². The van der Waals surface area contributed by atoms with Crippen molar-refractivity contribution in [3.05, 3.63) is 70.9 Å². The van der Waals surface area contributed by atoms with Gasteiger partial charge in [0.1, 0.15) is 17.4 Å². The van der Waals surface area contributed by atoms with E-state index in [-0.39, 0.29) is 11.4 Å². The number of ether oxygens (including phenoxy) is 1. The largest absolute Gasteiger partial charge is 0.497 e. The monoisotopic (exact) mass is 316 g/mol. The van der Waals surface area contributed by atoms with Crippen molar-refractivity contribution < 1.29 is 9.53 Å². The molecule has 0 fully saturated rings. The molecule has 0 saturated heterocycles. The molecule has 0 atom stereocenters. The van der Waals surface area contributed by atoms with Crippen LogP contribution in [0.1, 0.15) is 21.5 Å². The second-order valence-electron chi connectivity index (χ2n) is 5.47. The Balaban J connectivity index is 2.02. The van der Waals surface area contributed by atoms with Gasteiger partial charge in [-0.3, -0.25) is 4.79 Å². The Bertz CT molecular complexity index is 973. The molecule has 0 spiro atoms. The van der Waals surface area contributed by atoms with Gasteiger partial charge >= 0.3 is 0 Å². The third kappa shape index (κ3) is 2.80. The molecule has 0 bridgehead atoms. The number of aromatic nitrogens is 1. The maximum Gasteiger partial charge on any atom is 0.205 e. The van der Waals surface area contributed by atoms with Crippen molar-refractivity contribution >= 4 is 22.8 Å². The fourth-order valence-corrected chi connectivity index (χ4v) is 2.71. The van der Waals surface area contributed by atoms with Gasteiger partial charge in [0.2, 0.25) is 5.78 Å². The molecule has 4 nitrogen and oxygen atoms in total. The van der Waals surface area contributed by atoms with Crippen molar-refractivity contribution in [2.75, 3.05) is 7.11 Å². The summed E-state index contributed by atoms with van der Waals surface area (Å²) in [6, 6.07) is 15.0. The van der Waals surface area contributed by atoms with Crippen LogP contribution in [0.2, 0.25) is 0 Å². The summed E-state index contributed by atoms with van der Waals surface area (Å²) in [7, 11) is 1.59. The summed E-state index contributed by atoms with van der Waals surface area (Å²) < 4.78 is 5.11. The number of methoxy groups -OCH3 is 1. The number of Topliss-reactive ketones (excluding diaryl/α,β-unsaturated/α-hetero) is 1. The lowest BCUT2D eigenvalue weighted by atomic mass is 9.99. The molecule has 0 radical (unpaired) electrons. The third-order valence-electron chi connectivity index (χ3n) is 3.95. The van der Waals surface area contributed by atoms with Crippen molar-refractivity contribution in [3.63, 3.8) is 0 Å². The van der Waals surface area contributed by atoms with E-state index < -0.39 is 0 Å². The summed E-state index contributed by atoms with van der Waals surface area (Å²) in [6.45, 7) is 1.95. The lowest BCUT2D eigenvalue weighted by Gasteiger charge is -2.02. The molecule has 0 aliphatic carbocycles. The Kier molecular flexibility index (Phi) is 4.17. The molecule has 0 aliphatic heterocycles. The second-order valence-corrected chi connectivity index (χ2v) is 5.47. The maximum atomic E-state index is 12.8. The molecule has 1 aromatic heterocycles. The Morgan fingerprint density at radius 3 is 2.62 bits per heavy atom. The van der Waals surface area contributed by atoms with Gasteiger partial charge in [-0.25, -0.2) is 0 Å². The summed E-state index contributed by atoms with van der Waals surface area (Å²) in [5.41, 5.74) is 3.28. The van der Waals surface area contributed by atoms with Gasteiger partial charge in [0.25, 0.3) is 0 Å². The maximum absolute atomic E-state index is 12.8. The van der Waals surface area contributed by atoms with Crippen LogP contribution in [0.15, 0.2) is 54.2 Å². The minimum Gasteiger partial charge on any atom is -0.497 e. The average molecular weight is 316 g/mol. The van der Waals surface area contributed by atoms with E-state index in [1.165, 1.54) is 0 Å². The summed E-state index contributed by atoms with van der Waals surface area (Å²) in [5, 5.41) is 10.3. The molecule has 3 rings (SSSR count). The van der Waals surface area contributed by atoms with E-state index in [1.54, 1.807) is 31.5 Å². The number of rotatable bonds is 4. The molecule has 1 heterocycles. The highest BCUT2D eigenvalue weighted by molar-refractivity contribution is 6.20. The number of ketones is 1. The molecule has 1 N–H and O–H groups in total. The number of aromatic amines is 1. The quantitative estimate of drug-likeness (QED) is 0.444. The fraction of sp³-hybridized carbons (Fsp3) is 0.100. The van der Waals surface area contributed by atoms with Gasteiger partial charge in [0.05, 0.1) is 7.11 Å². The van der Waals surface area contributed by atoms with E-state index in [0.717, 1.165) is 27.8 Å². The standard InChI is InChI=1S/C20H16N2O2/c1-13-4-3-5-18-19(13)17(12-22-18)20(23)15(11-21)10-14-6-8-16(24-2)9-7-14/h3-10,12,22H,1-2H3/b15-10-. The number of benzene rings is 2. The molecule has 0 aliphatic rings. The Labute approximate surface area is 140 Å². The van der Waals surface area contributed by atoms with Gasteiger partial charge in [0, 0.05) is 22.7 Å². The molecule has 0 saturated carbocycles. The molecule has 118 valence electrons. The van der Waals surface area contributed by atoms with Gasteiger partial charge in [-0.1, -0.05) is 24.3 Å². The first-order chi connectivity index (χ1) is 11.6. The van der Waals surface area contributed by atoms with E-state index >= 15 is 0 Å². The molecule has 0 amide bonds. The first-order valence-electron chi connectivity index (χ1n) is 7.51. The average Bonchev–Trinajstić information content (AvgIpc) is 3.05. The van der Waals surface area contributed by atoms with E-state index in [9.17, 15) is 10.1 Å². The van der Waals surface area contributed by atoms with Crippen molar-refractivity contribution in [2.45, 2.75) is 6.92 Å². The Morgan fingerprint density at radius 2 is 1.96 bits per heavy atom. The predicted octanol–water partition coefficient (Wildman–Crippen LogP) is 4.27. The van der Waals surface area contributed by atoms with Crippen LogP contribution in [-0.2, 0) is 0 Å². The predicted molar refractivity (Wildman–Crippen MR) is 94.0 cm³/mol. The first kappa shape index (κ1) is 15.6. The second kappa shape index (κ2) is 6.43. The molecule has 2 aromatic carbocycles. The van der Waals surface area contributed by atoms with Crippen molar-refractivity contribution in [3.8, 4) is 11.8 Å². The molecule has 0 unspecified atom stereocenters. The number of aryl methyl sites for hydroxylation is 1. The van der Waals surface area contributed by atoms with Gasteiger partial charge < -0.3 is 9.72 Å². The number of carbonyl (C=O) groups excluding carboxylic acids is 1. The summed E-state index contributed by atoms with van der Waals surface area (Å²) in [6.07, 6.45) is 3.26. The molecule has 4 heteroatoms. The summed E-state index contributed by atoms with van der Waals surface area (Å²) in [5.74, 6) is 0.443. The number of nitriles is 1. The van der Waals surface area contributed by atoms with Crippen LogP contribution in [-0.4, -0.2) is 17.9 Å². The van der Waals surface area contributed by atoms with E-state index in [2.05, 4.69) is 4.98 Å². The normalized spacial score (nSPS) is 11.3. The minimum absolute atomic E-state index is 0.101. The zero-order valence-corrected chi connectivity index (χ0v) is 13.5. The topological polar surface area (TPSA) is 65.9 Å². The van der Waals surface area contributed by atoms with Crippen molar-refractivity contribution in [1.82, 2.24) is 4.98 Å². The van der Waals surface area contributed by atoms with Gasteiger partial charge in [-0.05, 0) is 42.3 Å². The van der Waals surface area contributed by atoms with E-state index in [1.807, 2.05) is 43.3 Å². The zero-order chi connectivity index (χ0) is 17.1. The third-order valence-corrected chi connectivity index (χ3v) is 3.95. The highest BCUT2D eigenvalue weighted by Gasteiger charge is 2.17. The fourth-order valence-electron chi connectivity index (χ4n) is 2.71. The van der Waals surface area contributed by atoms with E-state index in [4.69, 9.17) is 4.74 Å². The van der Waals surface area contributed by atoms with Crippen LogP contribution in [0.4, 0.5) is 0 Å². The van der Waals surface area contributed by atoms with Crippen LogP contribution in [0.3, 0.4) is 0 Å². The number of H-pyrrole nitrogens is 1. The van der Waals surface area contributed by atoms with Crippen molar-refractivity contribution in [2.24, 2.45) is 0 Å². The first-order valence-corrected chi connectivity index (χ1v) is 7.51. The smallest absolute Gasteiger partial charge is 0.205 e. The number of fused-ring (bicyclic) bond motifs is 1. The number of nitrogens with one attached hydrogen (secondary N) is 1. The van der Waals surface area contributed by atoms with Crippen LogP contribution < -0.4 is 4.74 Å². The highest BCUT2D eigenvalue weighted by atomic mass is 16.5. The molecule has 3 aromatic rings. The number of hydrogen-bond acceptors (Lipinski definition) is 3. The van der Waals surface area contributed by atoms with Crippen molar-refractivity contribution in [1.29, 1.82) is 5.26 Å². The Hall–Kier alpha value is -3.32. The van der Waals surface area contributed by atoms with Crippen LogP contribution in [0.25, 0.3) is 17.0 Å². The summed E-state index contributed by atoms with van der Waals surface area (Å²) >= 11 is 0. The number of hydrogen-bond donors (Lipinski definition) is 1. The summed E-state index contributed by atoms with van der Waals surface area (Å²) in [4.78, 5) is 15.9. The lowest BCUT2D eigenvalue weighted by Crippen LogP contribution is -2.01. The Morgan fingerprint density at radius 1 is 1.21 bits per heavy atom. The molecule has 24 heavy (non-hydrogen) atoms. The van der Waals surface area contributed by atoms with Gasteiger partial charge in [-0.2, -0.15) is 5.26 Å². The van der Waals surface area contributed by atoms with Crippen LogP contribution >= 0.6 is 0 Å². The SMILES string of the molecule is COc1ccc(/C=C(/C#N)C(=O)c2c[nH]c3cccc(C)c23)cc1. The number of allylic oxidation sites excluding steroid dienone is 1. The lowest BCUT2D eigenvalue weighted by molar-refractivity contribution is 0.104. The number of nitrogens with zero attached hydrogens (tertiary/aromatic N) is 1. The minimum atomic E-state index is -0.283. The molecular weight excluding hydrogens is 300 g/mol. The van der Waals surface area contributed by atoms with E-state index in [0.29, 0.717) is 5.56 Å².